The first kappa shape index (κ1) is 12.8. The second-order valence-corrected chi connectivity index (χ2v) is 3.88. The maximum atomic E-state index is 10.8. The Morgan fingerprint density at radius 3 is 2.37 bits per heavy atom. The first-order valence-corrected chi connectivity index (χ1v) is 5.53. The predicted molar refractivity (Wildman–Crippen MR) is 70.5 cm³/mol. The number of rotatable bonds is 4. The zero-order chi connectivity index (χ0) is 13.8. The summed E-state index contributed by atoms with van der Waals surface area (Å²) < 4.78 is 5.23. The Hall–Kier alpha value is -2.69. The van der Waals surface area contributed by atoms with E-state index in [9.17, 15) is 14.9 Å². The minimum Gasteiger partial charge on any atom is -0.496 e. The van der Waals surface area contributed by atoms with Crippen LogP contribution >= 0.6 is 0 Å². The average Bonchev–Trinajstić information content (AvgIpc) is 2.46. The number of benzene rings is 2. The Kier molecular flexibility index (Phi) is 3.56. The van der Waals surface area contributed by atoms with Crippen LogP contribution in [-0.2, 0) is 0 Å². The number of hydrogen-bond acceptors (Lipinski definition) is 4. The fourth-order valence-corrected chi connectivity index (χ4v) is 1.79. The lowest BCUT2D eigenvalue weighted by molar-refractivity contribution is -0.384. The van der Waals surface area contributed by atoms with E-state index in [1.165, 1.54) is 19.2 Å². The third-order valence-corrected chi connectivity index (χ3v) is 2.75. The van der Waals surface area contributed by atoms with Gasteiger partial charge in [-0.1, -0.05) is 0 Å². The standard InChI is InChI=1S/C14H11NO4/c1-19-14-7-2-10(9-16)8-13(14)11-3-5-12(6-4-11)15(17)18/h2-9H,1H3. The molecule has 0 fully saturated rings. The average molecular weight is 257 g/mol. The summed E-state index contributed by atoms with van der Waals surface area (Å²) in [6.45, 7) is 0. The van der Waals surface area contributed by atoms with Crippen molar-refractivity contribution in [3.63, 3.8) is 0 Å². The highest BCUT2D eigenvalue weighted by Crippen LogP contribution is 2.31. The van der Waals surface area contributed by atoms with Crippen molar-refractivity contribution in [1.82, 2.24) is 0 Å². The minimum absolute atomic E-state index is 0.0225. The van der Waals surface area contributed by atoms with Gasteiger partial charge in [-0.15, -0.1) is 0 Å². The molecule has 0 aliphatic heterocycles. The number of nitro benzene ring substituents is 1. The van der Waals surface area contributed by atoms with Crippen molar-refractivity contribution in [2.24, 2.45) is 0 Å². The minimum atomic E-state index is -0.456. The monoisotopic (exact) mass is 257 g/mol. The summed E-state index contributed by atoms with van der Waals surface area (Å²) in [5, 5.41) is 10.6. The molecule has 2 aromatic carbocycles. The van der Waals surface area contributed by atoms with E-state index in [2.05, 4.69) is 0 Å². The summed E-state index contributed by atoms with van der Waals surface area (Å²) in [7, 11) is 1.53. The van der Waals surface area contributed by atoms with Crippen LogP contribution in [0.1, 0.15) is 10.4 Å². The number of nitrogens with zero attached hydrogens (tertiary/aromatic N) is 1. The summed E-state index contributed by atoms with van der Waals surface area (Å²) in [4.78, 5) is 21.0. The van der Waals surface area contributed by atoms with Crippen molar-refractivity contribution >= 4 is 12.0 Å². The highest BCUT2D eigenvalue weighted by molar-refractivity contribution is 5.81. The molecular formula is C14H11NO4. The van der Waals surface area contributed by atoms with Crippen LogP contribution < -0.4 is 4.74 Å². The van der Waals surface area contributed by atoms with E-state index in [0.29, 0.717) is 11.3 Å². The lowest BCUT2D eigenvalue weighted by Crippen LogP contribution is -1.91. The number of carbonyl (C=O) groups excluding carboxylic acids is 1. The largest absolute Gasteiger partial charge is 0.496 e. The maximum Gasteiger partial charge on any atom is 0.269 e. The van der Waals surface area contributed by atoms with Crippen molar-refractivity contribution < 1.29 is 14.5 Å². The molecule has 19 heavy (non-hydrogen) atoms. The third-order valence-electron chi connectivity index (χ3n) is 2.75. The number of nitro groups is 1. The van der Waals surface area contributed by atoms with Crippen molar-refractivity contribution in [2.45, 2.75) is 0 Å². The zero-order valence-electron chi connectivity index (χ0n) is 10.2. The van der Waals surface area contributed by atoms with Crippen LogP contribution in [0, 0.1) is 10.1 Å². The quantitative estimate of drug-likeness (QED) is 0.479. The van der Waals surface area contributed by atoms with Crippen molar-refractivity contribution in [1.29, 1.82) is 0 Å². The van der Waals surface area contributed by atoms with E-state index >= 15 is 0 Å². The van der Waals surface area contributed by atoms with Gasteiger partial charge in [0.1, 0.15) is 12.0 Å². The molecule has 0 saturated carbocycles. The van der Waals surface area contributed by atoms with E-state index in [-0.39, 0.29) is 5.69 Å². The molecule has 0 spiro atoms. The van der Waals surface area contributed by atoms with Crippen LogP contribution in [-0.4, -0.2) is 18.3 Å². The van der Waals surface area contributed by atoms with Gasteiger partial charge in [0, 0.05) is 23.3 Å². The maximum absolute atomic E-state index is 10.8. The van der Waals surface area contributed by atoms with Crippen LogP contribution in [0.25, 0.3) is 11.1 Å². The highest BCUT2D eigenvalue weighted by Gasteiger charge is 2.09. The van der Waals surface area contributed by atoms with Crippen LogP contribution in [0.4, 0.5) is 5.69 Å². The Balaban J connectivity index is 2.50. The van der Waals surface area contributed by atoms with Crippen molar-refractivity contribution in [2.75, 3.05) is 7.11 Å². The SMILES string of the molecule is COc1ccc(C=O)cc1-c1ccc([N+](=O)[O-])cc1. The van der Waals surface area contributed by atoms with Crippen molar-refractivity contribution in [3.8, 4) is 16.9 Å². The number of methoxy groups -OCH3 is 1. The van der Waals surface area contributed by atoms with E-state index in [4.69, 9.17) is 4.74 Å². The Morgan fingerprint density at radius 1 is 1.16 bits per heavy atom. The molecule has 5 nitrogen and oxygen atoms in total. The predicted octanol–water partition coefficient (Wildman–Crippen LogP) is 3.08. The van der Waals surface area contributed by atoms with Gasteiger partial charge in [-0.2, -0.15) is 0 Å². The Bertz CT molecular complexity index is 620. The summed E-state index contributed by atoms with van der Waals surface area (Å²) in [5.41, 5.74) is 2.02. The summed E-state index contributed by atoms with van der Waals surface area (Å²) in [6.07, 6.45) is 0.744. The fourth-order valence-electron chi connectivity index (χ4n) is 1.79. The van der Waals surface area contributed by atoms with Gasteiger partial charge in [-0.05, 0) is 35.9 Å². The number of non-ortho nitro benzene ring substituents is 1. The molecule has 0 atom stereocenters. The molecule has 0 saturated heterocycles. The molecule has 0 bridgehead atoms. The zero-order valence-corrected chi connectivity index (χ0v) is 10.2. The molecule has 0 aliphatic rings. The second kappa shape index (κ2) is 5.30. The first-order chi connectivity index (χ1) is 9.15. The Labute approximate surface area is 109 Å². The van der Waals surface area contributed by atoms with Gasteiger partial charge in [-0.25, -0.2) is 0 Å². The van der Waals surface area contributed by atoms with Crippen LogP contribution in [0.15, 0.2) is 42.5 Å². The van der Waals surface area contributed by atoms with Gasteiger partial charge in [0.15, 0.2) is 0 Å². The number of aldehydes is 1. The molecule has 0 aliphatic carbocycles. The van der Waals surface area contributed by atoms with E-state index in [0.717, 1.165) is 17.4 Å². The molecule has 0 aromatic heterocycles. The van der Waals surface area contributed by atoms with E-state index in [1.807, 2.05) is 0 Å². The summed E-state index contributed by atoms with van der Waals surface area (Å²) in [5.74, 6) is 0.611. The summed E-state index contributed by atoms with van der Waals surface area (Å²) >= 11 is 0. The van der Waals surface area contributed by atoms with Gasteiger partial charge >= 0.3 is 0 Å². The smallest absolute Gasteiger partial charge is 0.269 e. The van der Waals surface area contributed by atoms with Gasteiger partial charge in [0.25, 0.3) is 5.69 Å². The van der Waals surface area contributed by atoms with Gasteiger partial charge in [0.2, 0.25) is 0 Å². The molecule has 0 N–H and O–H groups in total. The van der Waals surface area contributed by atoms with Crippen molar-refractivity contribution in [3.05, 3.63) is 58.1 Å². The third kappa shape index (κ3) is 2.60. The molecule has 0 amide bonds. The van der Waals surface area contributed by atoms with E-state index < -0.39 is 4.92 Å². The molecule has 0 unspecified atom stereocenters. The molecule has 5 heteroatoms. The topological polar surface area (TPSA) is 69.4 Å². The number of hydrogen-bond donors (Lipinski definition) is 0. The molecule has 96 valence electrons. The molecule has 0 radical (unpaired) electrons. The number of ether oxygens (including phenoxy) is 1. The normalized spacial score (nSPS) is 9.95. The lowest BCUT2D eigenvalue weighted by atomic mass is 10.0. The summed E-state index contributed by atoms with van der Waals surface area (Å²) in [6, 6.07) is 11.1. The Morgan fingerprint density at radius 2 is 1.84 bits per heavy atom. The van der Waals surface area contributed by atoms with Crippen LogP contribution in [0.5, 0.6) is 5.75 Å². The van der Waals surface area contributed by atoms with Gasteiger partial charge in [0.05, 0.1) is 12.0 Å². The van der Waals surface area contributed by atoms with Crippen LogP contribution in [0.3, 0.4) is 0 Å². The second-order valence-electron chi connectivity index (χ2n) is 3.88. The van der Waals surface area contributed by atoms with E-state index in [1.54, 1.807) is 30.3 Å². The molecule has 0 heterocycles. The first-order valence-electron chi connectivity index (χ1n) is 5.53. The molecule has 2 aromatic rings. The lowest BCUT2D eigenvalue weighted by Gasteiger charge is -2.09. The highest BCUT2D eigenvalue weighted by atomic mass is 16.6. The van der Waals surface area contributed by atoms with Gasteiger partial charge < -0.3 is 4.74 Å². The van der Waals surface area contributed by atoms with Gasteiger partial charge in [-0.3, -0.25) is 14.9 Å². The number of carbonyl (C=O) groups is 1. The molecule has 2 rings (SSSR count). The van der Waals surface area contributed by atoms with Crippen LogP contribution in [0.2, 0.25) is 0 Å². The fraction of sp³-hybridized carbons (Fsp3) is 0.0714. The molecular weight excluding hydrogens is 246 g/mol.